The minimum Gasteiger partial charge on any atom is -1.00 e. The zero-order valence-electron chi connectivity index (χ0n) is 14.9. The molecular weight excluding hydrogens is 328 g/mol. The fraction of sp³-hybridized carbons (Fsp3) is 0.833. The van der Waals surface area contributed by atoms with Gasteiger partial charge in [0, 0.05) is 0 Å². The molecule has 7 nitrogen and oxygen atoms in total. The Morgan fingerprint density at radius 2 is 1.48 bits per heavy atom. The summed E-state index contributed by atoms with van der Waals surface area (Å²) in [6.07, 6.45) is -0.761. The standard InChI is InChI=1S/C12H22O7S.Ca.2H/c1-8(2)6-18-11(13)5-10(20(15,16)17)12(14)19-7-9(3)4;;;/h8-10H,5-7H2,1-4H3,(H,15,16,17);;;/q;+2;2*-1. The summed E-state index contributed by atoms with van der Waals surface area (Å²) in [6.45, 7) is 7.28. The number of hydrogen-bond donors (Lipinski definition) is 1. The van der Waals surface area contributed by atoms with Gasteiger partial charge in [0.05, 0.1) is 19.6 Å². The van der Waals surface area contributed by atoms with E-state index in [9.17, 15) is 18.0 Å². The van der Waals surface area contributed by atoms with Gasteiger partial charge in [0.1, 0.15) is 0 Å². The number of hydrogen-bond acceptors (Lipinski definition) is 6. The number of rotatable bonds is 8. The van der Waals surface area contributed by atoms with Crippen LogP contribution in [0, 0.1) is 11.8 Å². The second-order valence-corrected chi connectivity index (χ2v) is 6.91. The van der Waals surface area contributed by atoms with Gasteiger partial charge in [0.2, 0.25) is 0 Å². The summed E-state index contributed by atoms with van der Waals surface area (Å²) < 4.78 is 40.8. The van der Waals surface area contributed by atoms with Crippen molar-refractivity contribution in [3.8, 4) is 0 Å². The minimum atomic E-state index is -4.72. The van der Waals surface area contributed by atoms with Crippen molar-refractivity contribution in [2.45, 2.75) is 39.4 Å². The molecule has 122 valence electrons. The Bertz CT molecular complexity index is 441. The van der Waals surface area contributed by atoms with Crippen molar-refractivity contribution < 1.29 is 34.9 Å². The molecule has 0 amide bonds. The summed E-state index contributed by atoms with van der Waals surface area (Å²) in [4.78, 5) is 23.0. The van der Waals surface area contributed by atoms with E-state index in [-0.39, 0.29) is 65.6 Å². The molecular formula is C12H24CaO7S. The second kappa shape index (κ2) is 10.8. The third kappa shape index (κ3) is 11.3. The predicted molar refractivity (Wildman–Crippen MR) is 79.5 cm³/mol. The van der Waals surface area contributed by atoms with Crippen LogP contribution < -0.4 is 0 Å². The zero-order valence-corrected chi connectivity index (χ0v) is 15.9. The number of carbonyl (C=O) groups is 2. The number of esters is 2. The van der Waals surface area contributed by atoms with Crippen LogP contribution in [0.4, 0.5) is 0 Å². The van der Waals surface area contributed by atoms with Crippen LogP contribution in [0.1, 0.15) is 37.0 Å². The Kier molecular flexibility index (Phi) is 12.0. The molecule has 1 atom stereocenters. The van der Waals surface area contributed by atoms with E-state index < -0.39 is 33.7 Å². The van der Waals surface area contributed by atoms with E-state index in [1.54, 1.807) is 13.8 Å². The molecule has 21 heavy (non-hydrogen) atoms. The molecule has 0 saturated heterocycles. The summed E-state index contributed by atoms with van der Waals surface area (Å²) >= 11 is 0. The van der Waals surface area contributed by atoms with Gasteiger partial charge < -0.3 is 12.3 Å². The van der Waals surface area contributed by atoms with E-state index in [1.165, 1.54) is 0 Å². The summed E-state index contributed by atoms with van der Waals surface area (Å²) in [6, 6.07) is 0. The van der Waals surface area contributed by atoms with Crippen molar-refractivity contribution in [3.63, 3.8) is 0 Å². The number of ether oxygens (including phenoxy) is 2. The molecule has 0 spiro atoms. The molecule has 1 unspecified atom stereocenters. The van der Waals surface area contributed by atoms with Crippen LogP contribution in [0.15, 0.2) is 0 Å². The van der Waals surface area contributed by atoms with Crippen molar-refractivity contribution in [2.24, 2.45) is 11.8 Å². The monoisotopic (exact) mass is 352 g/mol. The normalized spacial score (nSPS) is 12.7. The molecule has 0 aliphatic heterocycles. The summed E-state index contributed by atoms with van der Waals surface area (Å²) in [5, 5.41) is -1.94. The number of carbonyl (C=O) groups excluding carboxylic acids is 2. The molecule has 0 aromatic rings. The van der Waals surface area contributed by atoms with Gasteiger partial charge in [0.15, 0.2) is 5.25 Å². The van der Waals surface area contributed by atoms with Gasteiger partial charge in [-0.1, -0.05) is 27.7 Å². The van der Waals surface area contributed by atoms with Crippen LogP contribution in [-0.4, -0.2) is 81.1 Å². The Morgan fingerprint density at radius 3 is 1.86 bits per heavy atom. The van der Waals surface area contributed by atoms with Gasteiger partial charge >= 0.3 is 49.7 Å². The Labute approximate surface area is 158 Å². The molecule has 0 bridgehead atoms. The maximum absolute atomic E-state index is 11.6. The first-order valence-corrected chi connectivity index (χ1v) is 7.83. The van der Waals surface area contributed by atoms with Crippen LogP contribution in [0.5, 0.6) is 0 Å². The second-order valence-electron chi connectivity index (χ2n) is 5.31. The maximum Gasteiger partial charge on any atom is 2.00 e. The zero-order chi connectivity index (χ0) is 15.9. The largest absolute Gasteiger partial charge is 2.00 e. The van der Waals surface area contributed by atoms with Gasteiger partial charge in [-0.05, 0) is 11.8 Å². The van der Waals surface area contributed by atoms with Crippen molar-refractivity contribution in [1.29, 1.82) is 0 Å². The molecule has 0 aliphatic rings. The van der Waals surface area contributed by atoms with Crippen molar-refractivity contribution in [1.82, 2.24) is 0 Å². The van der Waals surface area contributed by atoms with Gasteiger partial charge in [-0.25, -0.2) is 0 Å². The molecule has 9 heteroatoms. The summed E-state index contributed by atoms with van der Waals surface area (Å²) in [5.41, 5.74) is 0. The Hall–Kier alpha value is 0.110. The van der Waals surface area contributed by atoms with Crippen LogP contribution in [0.25, 0.3) is 0 Å². The van der Waals surface area contributed by atoms with E-state index in [0.29, 0.717) is 0 Å². The molecule has 1 N–H and O–H groups in total. The summed E-state index contributed by atoms with van der Waals surface area (Å²) in [7, 11) is -4.72. The van der Waals surface area contributed by atoms with Crippen LogP contribution in [-0.2, 0) is 29.2 Å². The van der Waals surface area contributed by atoms with E-state index in [4.69, 9.17) is 14.0 Å². The van der Waals surface area contributed by atoms with E-state index in [2.05, 4.69) is 0 Å². The first kappa shape index (κ1) is 23.4. The van der Waals surface area contributed by atoms with E-state index in [0.717, 1.165) is 0 Å². The van der Waals surface area contributed by atoms with Gasteiger partial charge in [-0.15, -0.1) is 0 Å². The van der Waals surface area contributed by atoms with Gasteiger partial charge in [0.25, 0.3) is 10.1 Å². The first-order valence-electron chi connectivity index (χ1n) is 6.32. The predicted octanol–water partition coefficient (Wildman–Crippen LogP) is 0.875. The molecule has 0 aliphatic carbocycles. The molecule has 0 saturated carbocycles. The maximum atomic E-state index is 11.6. The molecule has 0 aromatic heterocycles. The molecule has 0 radical (unpaired) electrons. The van der Waals surface area contributed by atoms with Crippen molar-refractivity contribution in [2.75, 3.05) is 13.2 Å². The topological polar surface area (TPSA) is 107 Å². The molecule has 0 rings (SSSR count). The summed E-state index contributed by atoms with van der Waals surface area (Å²) in [5.74, 6) is -1.93. The van der Waals surface area contributed by atoms with Gasteiger partial charge in [-0.2, -0.15) is 8.42 Å². The Morgan fingerprint density at radius 1 is 1.05 bits per heavy atom. The quantitative estimate of drug-likeness (QED) is 0.392. The minimum absolute atomic E-state index is 0. The van der Waals surface area contributed by atoms with Crippen LogP contribution in [0.3, 0.4) is 0 Å². The smallest absolute Gasteiger partial charge is 1.00 e. The SMILES string of the molecule is CC(C)COC(=O)CC(C(=O)OCC(C)C)S(=O)(=O)O.[Ca+2].[H-].[H-]. The average Bonchev–Trinajstić information content (AvgIpc) is 2.28. The van der Waals surface area contributed by atoms with E-state index >= 15 is 0 Å². The first-order chi connectivity index (χ1) is 9.04. The average molecular weight is 352 g/mol. The van der Waals surface area contributed by atoms with Crippen molar-refractivity contribution in [3.05, 3.63) is 0 Å². The van der Waals surface area contributed by atoms with Crippen molar-refractivity contribution >= 4 is 59.8 Å². The Balaban J connectivity index is -0.000000602. The third-order valence-electron chi connectivity index (χ3n) is 2.11. The van der Waals surface area contributed by atoms with E-state index in [1.807, 2.05) is 13.8 Å². The third-order valence-corrected chi connectivity index (χ3v) is 3.19. The van der Waals surface area contributed by atoms with Gasteiger partial charge in [-0.3, -0.25) is 14.1 Å². The van der Waals surface area contributed by atoms with Crippen LogP contribution in [0.2, 0.25) is 0 Å². The van der Waals surface area contributed by atoms with Crippen LogP contribution >= 0.6 is 0 Å². The molecule has 0 aromatic carbocycles. The molecule has 0 fully saturated rings. The fourth-order valence-electron chi connectivity index (χ4n) is 1.12. The molecule has 0 heterocycles. The fourth-order valence-corrected chi connectivity index (χ4v) is 1.78.